The summed E-state index contributed by atoms with van der Waals surface area (Å²) in [5.74, 6) is -0.618. The summed E-state index contributed by atoms with van der Waals surface area (Å²) in [5, 5.41) is 13.9. The molecule has 0 spiro atoms. The van der Waals surface area contributed by atoms with E-state index in [1.807, 2.05) is 6.07 Å². The number of benzene rings is 1. The second kappa shape index (κ2) is 6.65. The second-order valence-electron chi connectivity index (χ2n) is 3.70. The van der Waals surface area contributed by atoms with E-state index in [9.17, 15) is 9.59 Å². The fourth-order valence-electron chi connectivity index (χ4n) is 1.18. The standard InChI is InChI=1S/C12H16N2O3/c1-9(15)7-13-11(16)8-14-12(17)10-5-3-2-4-6-10/h2-6,9,15H,7-8H2,1H3,(H,13,16)(H,14,17)/t9-/m0/s1. The Morgan fingerprint density at radius 2 is 1.88 bits per heavy atom. The van der Waals surface area contributed by atoms with Gasteiger partial charge in [0.15, 0.2) is 0 Å². The van der Waals surface area contributed by atoms with Crippen LogP contribution in [0.2, 0.25) is 0 Å². The topological polar surface area (TPSA) is 78.4 Å². The minimum Gasteiger partial charge on any atom is -0.392 e. The van der Waals surface area contributed by atoms with E-state index in [0.29, 0.717) is 5.56 Å². The molecule has 0 saturated carbocycles. The SMILES string of the molecule is C[C@H](O)CNC(=O)CNC(=O)c1ccccc1. The van der Waals surface area contributed by atoms with Gasteiger partial charge in [-0.1, -0.05) is 18.2 Å². The molecule has 92 valence electrons. The summed E-state index contributed by atoms with van der Waals surface area (Å²) in [6, 6.07) is 8.66. The summed E-state index contributed by atoms with van der Waals surface area (Å²) in [6.07, 6.45) is -0.594. The lowest BCUT2D eigenvalue weighted by Crippen LogP contribution is -2.39. The van der Waals surface area contributed by atoms with E-state index in [1.54, 1.807) is 31.2 Å². The molecule has 1 aromatic rings. The van der Waals surface area contributed by atoms with Gasteiger partial charge in [-0.15, -0.1) is 0 Å². The van der Waals surface area contributed by atoms with Gasteiger partial charge in [0.2, 0.25) is 5.91 Å². The zero-order chi connectivity index (χ0) is 12.7. The van der Waals surface area contributed by atoms with Gasteiger partial charge in [0.25, 0.3) is 5.91 Å². The van der Waals surface area contributed by atoms with Gasteiger partial charge in [0, 0.05) is 12.1 Å². The molecule has 0 unspecified atom stereocenters. The molecule has 0 bridgehead atoms. The van der Waals surface area contributed by atoms with Crippen LogP contribution in [-0.4, -0.2) is 36.1 Å². The van der Waals surface area contributed by atoms with Crippen LogP contribution in [0.15, 0.2) is 30.3 Å². The summed E-state index contributed by atoms with van der Waals surface area (Å²) in [6.45, 7) is 1.66. The first-order valence-corrected chi connectivity index (χ1v) is 5.37. The normalized spacial score (nSPS) is 11.6. The smallest absolute Gasteiger partial charge is 0.251 e. The van der Waals surface area contributed by atoms with Crippen molar-refractivity contribution < 1.29 is 14.7 Å². The van der Waals surface area contributed by atoms with E-state index in [0.717, 1.165) is 0 Å². The molecule has 0 radical (unpaired) electrons. The van der Waals surface area contributed by atoms with Crippen molar-refractivity contribution in [2.75, 3.05) is 13.1 Å². The quantitative estimate of drug-likeness (QED) is 0.668. The van der Waals surface area contributed by atoms with Gasteiger partial charge in [0.1, 0.15) is 0 Å². The molecular formula is C12H16N2O3. The maximum absolute atomic E-state index is 11.5. The Hall–Kier alpha value is -1.88. The molecule has 3 N–H and O–H groups in total. The lowest BCUT2D eigenvalue weighted by Gasteiger charge is -2.08. The molecule has 0 aromatic heterocycles. The van der Waals surface area contributed by atoms with Gasteiger partial charge < -0.3 is 15.7 Å². The first-order chi connectivity index (χ1) is 8.09. The third kappa shape index (κ3) is 5.12. The van der Waals surface area contributed by atoms with E-state index in [2.05, 4.69) is 10.6 Å². The Balaban J connectivity index is 2.31. The predicted molar refractivity (Wildman–Crippen MR) is 63.5 cm³/mol. The van der Waals surface area contributed by atoms with Gasteiger partial charge in [-0.2, -0.15) is 0 Å². The maximum Gasteiger partial charge on any atom is 0.251 e. The van der Waals surface area contributed by atoms with Crippen LogP contribution in [0, 0.1) is 0 Å². The summed E-state index contributed by atoms with van der Waals surface area (Å²) >= 11 is 0. The van der Waals surface area contributed by atoms with Crippen molar-refractivity contribution in [3.8, 4) is 0 Å². The molecular weight excluding hydrogens is 220 g/mol. The Labute approximate surface area is 99.8 Å². The molecule has 0 aliphatic rings. The highest BCUT2D eigenvalue weighted by Gasteiger charge is 2.07. The van der Waals surface area contributed by atoms with Crippen molar-refractivity contribution in [1.29, 1.82) is 0 Å². The third-order valence-corrected chi connectivity index (χ3v) is 2.04. The number of aliphatic hydroxyl groups excluding tert-OH is 1. The molecule has 0 aliphatic carbocycles. The van der Waals surface area contributed by atoms with Gasteiger partial charge in [-0.3, -0.25) is 9.59 Å². The Morgan fingerprint density at radius 1 is 1.24 bits per heavy atom. The van der Waals surface area contributed by atoms with Crippen molar-refractivity contribution in [1.82, 2.24) is 10.6 Å². The second-order valence-corrected chi connectivity index (χ2v) is 3.70. The van der Waals surface area contributed by atoms with E-state index in [-0.39, 0.29) is 24.9 Å². The van der Waals surface area contributed by atoms with Crippen LogP contribution in [0.1, 0.15) is 17.3 Å². The molecule has 0 heterocycles. The lowest BCUT2D eigenvalue weighted by molar-refractivity contribution is -0.120. The Kier molecular flexibility index (Phi) is 5.16. The van der Waals surface area contributed by atoms with Gasteiger partial charge in [-0.25, -0.2) is 0 Å². The molecule has 0 saturated heterocycles. The van der Waals surface area contributed by atoms with Crippen LogP contribution in [0.4, 0.5) is 0 Å². The fourth-order valence-corrected chi connectivity index (χ4v) is 1.18. The molecule has 1 aromatic carbocycles. The molecule has 17 heavy (non-hydrogen) atoms. The van der Waals surface area contributed by atoms with Gasteiger partial charge in [0.05, 0.1) is 12.6 Å². The minimum atomic E-state index is -0.594. The average molecular weight is 236 g/mol. The highest BCUT2D eigenvalue weighted by molar-refractivity contribution is 5.96. The maximum atomic E-state index is 11.5. The molecule has 1 rings (SSSR count). The number of carbonyl (C=O) groups excluding carboxylic acids is 2. The molecule has 0 aliphatic heterocycles. The summed E-state index contributed by atoms with van der Waals surface area (Å²) < 4.78 is 0. The number of nitrogens with one attached hydrogen (secondary N) is 2. The first kappa shape index (κ1) is 13.2. The molecule has 0 fully saturated rings. The minimum absolute atomic E-state index is 0.0968. The average Bonchev–Trinajstić information content (AvgIpc) is 2.34. The van der Waals surface area contributed by atoms with Crippen molar-refractivity contribution in [3.05, 3.63) is 35.9 Å². The van der Waals surface area contributed by atoms with Crippen LogP contribution < -0.4 is 10.6 Å². The lowest BCUT2D eigenvalue weighted by atomic mass is 10.2. The van der Waals surface area contributed by atoms with E-state index < -0.39 is 6.10 Å². The van der Waals surface area contributed by atoms with Crippen LogP contribution in [-0.2, 0) is 4.79 Å². The monoisotopic (exact) mass is 236 g/mol. The van der Waals surface area contributed by atoms with E-state index in [1.165, 1.54) is 0 Å². The zero-order valence-corrected chi connectivity index (χ0v) is 9.64. The Bertz CT molecular complexity index is 377. The van der Waals surface area contributed by atoms with Gasteiger partial charge >= 0.3 is 0 Å². The van der Waals surface area contributed by atoms with Crippen molar-refractivity contribution >= 4 is 11.8 Å². The summed E-state index contributed by atoms with van der Waals surface area (Å²) in [7, 11) is 0. The zero-order valence-electron chi connectivity index (χ0n) is 9.64. The van der Waals surface area contributed by atoms with E-state index >= 15 is 0 Å². The number of rotatable bonds is 5. The first-order valence-electron chi connectivity index (χ1n) is 5.37. The number of hydrogen-bond acceptors (Lipinski definition) is 3. The van der Waals surface area contributed by atoms with Gasteiger partial charge in [-0.05, 0) is 19.1 Å². The molecule has 5 nitrogen and oxygen atoms in total. The third-order valence-electron chi connectivity index (χ3n) is 2.04. The largest absolute Gasteiger partial charge is 0.392 e. The van der Waals surface area contributed by atoms with Crippen LogP contribution in [0.25, 0.3) is 0 Å². The molecule has 1 atom stereocenters. The summed E-state index contributed by atoms with van der Waals surface area (Å²) in [5.41, 5.74) is 0.510. The number of hydrogen-bond donors (Lipinski definition) is 3. The number of aliphatic hydroxyl groups is 1. The number of carbonyl (C=O) groups is 2. The van der Waals surface area contributed by atoms with Crippen LogP contribution in [0.5, 0.6) is 0 Å². The summed E-state index contributed by atoms with van der Waals surface area (Å²) in [4.78, 5) is 22.8. The fraction of sp³-hybridized carbons (Fsp3) is 0.333. The number of amides is 2. The molecule has 5 heteroatoms. The molecule has 2 amide bonds. The van der Waals surface area contributed by atoms with E-state index in [4.69, 9.17) is 5.11 Å². The highest BCUT2D eigenvalue weighted by atomic mass is 16.3. The van der Waals surface area contributed by atoms with Crippen LogP contribution >= 0.6 is 0 Å². The highest BCUT2D eigenvalue weighted by Crippen LogP contribution is 1.97. The van der Waals surface area contributed by atoms with Crippen molar-refractivity contribution in [3.63, 3.8) is 0 Å². The van der Waals surface area contributed by atoms with Crippen molar-refractivity contribution in [2.24, 2.45) is 0 Å². The predicted octanol–water partition coefficient (Wildman–Crippen LogP) is -0.0866. The Morgan fingerprint density at radius 3 is 2.47 bits per heavy atom. The van der Waals surface area contributed by atoms with Crippen molar-refractivity contribution in [2.45, 2.75) is 13.0 Å². The van der Waals surface area contributed by atoms with Crippen LogP contribution in [0.3, 0.4) is 0 Å².